The van der Waals surface area contributed by atoms with Crippen LogP contribution in [0, 0.1) is 0 Å². The SMILES string of the molecule is COc1cc(Cc2cnc(N)nc2N)cc(OC)c1C(C)(C)O. The number of nitrogens with two attached hydrogens (primary N) is 2. The van der Waals surface area contributed by atoms with Crippen molar-refractivity contribution in [1.82, 2.24) is 9.97 Å². The summed E-state index contributed by atoms with van der Waals surface area (Å²) in [4.78, 5) is 7.92. The number of anilines is 2. The molecule has 0 radical (unpaired) electrons. The topological polar surface area (TPSA) is 117 Å². The van der Waals surface area contributed by atoms with Gasteiger partial charge in [0.05, 0.1) is 25.4 Å². The Hall–Kier alpha value is -2.54. The fourth-order valence-electron chi connectivity index (χ4n) is 2.46. The van der Waals surface area contributed by atoms with Crippen molar-refractivity contribution in [3.63, 3.8) is 0 Å². The predicted octanol–water partition coefficient (Wildman–Crippen LogP) is 1.48. The Morgan fingerprint density at radius 2 is 1.70 bits per heavy atom. The van der Waals surface area contributed by atoms with Crippen molar-refractivity contribution < 1.29 is 14.6 Å². The normalized spacial score (nSPS) is 11.3. The third-order valence-corrected chi connectivity index (χ3v) is 3.49. The van der Waals surface area contributed by atoms with E-state index in [9.17, 15) is 5.11 Å². The highest BCUT2D eigenvalue weighted by atomic mass is 16.5. The van der Waals surface area contributed by atoms with Gasteiger partial charge < -0.3 is 26.0 Å². The zero-order valence-electron chi connectivity index (χ0n) is 13.8. The Balaban J connectivity index is 2.48. The lowest BCUT2D eigenvalue weighted by Gasteiger charge is -2.24. The molecule has 23 heavy (non-hydrogen) atoms. The van der Waals surface area contributed by atoms with E-state index in [0.717, 1.165) is 11.1 Å². The first-order chi connectivity index (χ1) is 10.8. The first-order valence-corrected chi connectivity index (χ1v) is 7.11. The highest BCUT2D eigenvalue weighted by Crippen LogP contribution is 2.39. The van der Waals surface area contributed by atoms with Gasteiger partial charge >= 0.3 is 0 Å². The molecule has 2 rings (SSSR count). The number of nitrogen functional groups attached to an aromatic ring is 2. The van der Waals surface area contributed by atoms with E-state index in [0.29, 0.717) is 29.3 Å². The molecule has 0 unspecified atom stereocenters. The Morgan fingerprint density at radius 1 is 1.13 bits per heavy atom. The van der Waals surface area contributed by atoms with Gasteiger partial charge in [0.1, 0.15) is 17.3 Å². The van der Waals surface area contributed by atoms with Gasteiger partial charge in [-0.2, -0.15) is 4.98 Å². The molecule has 2 aromatic rings. The van der Waals surface area contributed by atoms with E-state index in [-0.39, 0.29) is 5.95 Å². The van der Waals surface area contributed by atoms with Crippen LogP contribution < -0.4 is 20.9 Å². The van der Waals surface area contributed by atoms with Crippen molar-refractivity contribution in [3.8, 4) is 11.5 Å². The van der Waals surface area contributed by atoms with Gasteiger partial charge in [-0.1, -0.05) is 0 Å². The van der Waals surface area contributed by atoms with Gasteiger partial charge in [0, 0.05) is 18.2 Å². The van der Waals surface area contributed by atoms with E-state index in [4.69, 9.17) is 20.9 Å². The fraction of sp³-hybridized carbons (Fsp3) is 0.375. The quantitative estimate of drug-likeness (QED) is 0.764. The van der Waals surface area contributed by atoms with Crippen LogP contribution in [0.4, 0.5) is 11.8 Å². The first-order valence-electron chi connectivity index (χ1n) is 7.11. The van der Waals surface area contributed by atoms with Gasteiger partial charge in [0.25, 0.3) is 0 Å². The molecule has 7 nitrogen and oxygen atoms in total. The highest BCUT2D eigenvalue weighted by Gasteiger charge is 2.26. The first kappa shape index (κ1) is 16.8. The minimum atomic E-state index is -1.10. The number of hydrogen-bond acceptors (Lipinski definition) is 7. The van der Waals surface area contributed by atoms with Crippen molar-refractivity contribution in [2.45, 2.75) is 25.9 Å². The number of methoxy groups -OCH3 is 2. The summed E-state index contributed by atoms with van der Waals surface area (Å²) in [5, 5.41) is 10.4. The molecule has 124 valence electrons. The van der Waals surface area contributed by atoms with Crippen LogP contribution >= 0.6 is 0 Å². The maximum atomic E-state index is 10.4. The maximum Gasteiger partial charge on any atom is 0.221 e. The van der Waals surface area contributed by atoms with Gasteiger partial charge in [-0.3, -0.25) is 0 Å². The fourth-order valence-corrected chi connectivity index (χ4v) is 2.46. The molecule has 5 N–H and O–H groups in total. The molecule has 1 heterocycles. The number of nitrogens with zero attached hydrogens (tertiary/aromatic N) is 2. The molecule has 0 bridgehead atoms. The van der Waals surface area contributed by atoms with Gasteiger partial charge in [-0.15, -0.1) is 0 Å². The van der Waals surface area contributed by atoms with Crippen LogP contribution in [-0.2, 0) is 12.0 Å². The van der Waals surface area contributed by atoms with E-state index >= 15 is 0 Å². The lowest BCUT2D eigenvalue weighted by molar-refractivity contribution is 0.0726. The number of aliphatic hydroxyl groups is 1. The Labute approximate surface area is 135 Å². The zero-order chi connectivity index (χ0) is 17.2. The van der Waals surface area contributed by atoms with Crippen molar-refractivity contribution in [2.24, 2.45) is 0 Å². The monoisotopic (exact) mass is 318 g/mol. The second-order valence-corrected chi connectivity index (χ2v) is 5.75. The van der Waals surface area contributed by atoms with Crippen LogP contribution in [0.2, 0.25) is 0 Å². The molecular formula is C16H22N4O3. The molecule has 1 aromatic carbocycles. The van der Waals surface area contributed by atoms with Crippen molar-refractivity contribution in [3.05, 3.63) is 35.0 Å². The number of rotatable bonds is 5. The lowest BCUT2D eigenvalue weighted by Crippen LogP contribution is -2.18. The van der Waals surface area contributed by atoms with Crippen LogP contribution in [0.15, 0.2) is 18.3 Å². The average Bonchev–Trinajstić information content (AvgIpc) is 2.48. The maximum absolute atomic E-state index is 10.4. The second-order valence-electron chi connectivity index (χ2n) is 5.75. The van der Waals surface area contributed by atoms with Crippen LogP contribution in [0.1, 0.15) is 30.5 Å². The highest BCUT2D eigenvalue weighted by molar-refractivity contribution is 5.53. The predicted molar refractivity (Wildman–Crippen MR) is 88.5 cm³/mol. The summed E-state index contributed by atoms with van der Waals surface area (Å²) in [6.07, 6.45) is 2.09. The molecule has 0 saturated heterocycles. The third kappa shape index (κ3) is 3.62. The number of ether oxygens (including phenoxy) is 2. The molecule has 0 aliphatic carbocycles. The van der Waals surface area contributed by atoms with Gasteiger partial charge in [0.15, 0.2) is 0 Å². The number of hydrogen-bond donors (Lipinski definition) is 3. The molecule has 1 aromatic heterocycles. The molecular weight excluding hydrogens is 296 g/mol. The van der Waals surface area contributed by atoms with Crippen LogP contribution in [-0.4, -0.2) is 29.3 Å². The molecule has 0 amide bonds. The lowest BCUT2D eigenvalue weighted by atomic mass is 9.93. The average molecular weight is 318 g/mol. The van der Waals surface area contributed by atoms with Crippen LogP contribution in [0.5, 0.6) is 11.5 Å². The summed E-state index contributed by atoms with van der Waals surface area (Å²) in [6.45, 7) is 3.36. The molecule has 0 aliphatic heterocycles. The summed E-state index contributed by atoms with van der Waals surface area (Å²) in [6, 6.07) is 3.68. The standard InChI is InChI=1S/C16H22N4O3/c1-16(2,21)13-11(22-3)6-9(7-12(13)23-4)5-10-8-19-15(18)20-14(10)17/h6-8,21H,5H2,1-4H3,(H4,17,18,19,20). The van der Waals surface area contributed by atoms with E-state index in [1.807, 2.05) is 12.1 Å². The minimum absolute atomic E-state index is 0.138. The van der Waals surface area contributed by atoms with Crippen LogP contribution in [0.25, 0.3) is 0 Å². The van der Waals surface area contributed by atoms with Gasteiger partial charge in [-0.25, -0.2) is 4.98 Å². The molecule has 7 heteroatoms. The second kappa shape index (κ2) is 6.29. The van der Waals surface area contributed by atoms with Crippen LogP contribution in [0.3, 0.4) is 0 Å². The van der Waals surface area contributed by atoms with E-state index in [1.54, 1.807) is 34.3 Å². The van der Waals surface area contributed by atoms with E-state index in [1.165, 1.54) is 0 Å². The molecule has 0 spiro atoms. The number of aromatic nitrogens is 2. The van der Waals surface area contributed by atoms with Gasteiger partial charge in [0.2, 0.25) is 5.95 Å². The molecule has 0 fully saturated rings. The number of benzene rings is 1. The van der Waals surface area contributed by atoms with Crippen molar-refractivity contribution in [2.75, 3.05) is 25.7 Å². The van der Waals surface area contributed by atoms with Crippen molar-refractivity contribution >= 4 is 11.8 Å². The van der Waals surface area contributed by atoms with Crippen molar-refractivity contribution in [1.29, 1.82) is 0 Å². The summed E-state index contributed by atoms with van der Waals surface area (Å²) < 4.78 is 10.8. The van der Waals surface area contributed by atoms with E-state index in [2.05, 4.69) is 9.97 Å². The molecule has 0 atom stereocenters. The minimum Gasteiger partial charge on any atom is -0.496 e. The van der Waals surface area contributed by atoms with E-state index < -0.39 is 5.60 Å². The third-order valence-electron chi connectivity index (χ3n) is 3.49. The summed E-state index contributed by atoms with van der Waals surface area (Å²) in [5.41, 5.74) is 12.5. The zero-order valence-corrected chi connectivity index (χ0v) is 13.8. The Morgan fingerprint density at radius 3 is 2.13 bits per heavy atom. The molecule has 0 aliphatic rings. The summed E-state index contributed by atoms with van der Waals surface area (Å²) >= 11 is 0. The Kier molecular flexibility index (Phi) is 4.60. The van der Waals surface area contributed by atoms with Gasteiger partial charge in [-0.05, 0) is 31.5 Å². The summed E-state index contributed by atoms with van der Waals surface area (Å²) in [5.74, 6) is 1.56. The Bertz CT molecular complexity index is 686. The molecule has 0 saturated carbocycles. The largest absolute Gasteiger partial charge is 0.496 e. The summed E-state index contributed by atoms with van der Waals surface area (Å²) in [7, 11) is 3.10. The smallest absolute Gasteiger partial charge is 0.221 e.